The van der Waals surface area contributed by atoms with E-state index in [1.807, 2.05) is 10.6 Å². The Bertz CT molecular complexity index is 1300. The number of pyridine rings is 1. The van der Waals surface area contributed by atoms with E-state index in [9.17, 15) is 9.18 Å². The van der Waals surface area contributed by atoms with Gasteiger partial charge in [0.2, 0.25) is 11.8 Å². The van der Waals surface area contributed by atoms with Crippen molar-refractivity contribution >= 4 is 5.91 Å². The van der Waals surface area contributed by atoms with E-state index >= 15 is 0 Å². The maximum atomic E-state index is 13.3. The number of rotatable bonds is 5. The number of halogens is 1. The molecule has 0 unspecified atom stereocenters. The van der Waals surface area contributed by atoms with Gasteiger partial charge in [0.05, 0.1) is 12.1 Å². The molecule has 4 heterocycles. The van der Waals surface area contributed by atoms with Crippen LogP contribution in [0.2, 0.25) is 0 Å². The molecule has 1 aliphatic heterocycles. The molecule has 168 valence electrons. The Labute approximate surface area is 188 Å². The van der Waals surface area contributed by atoms with Gasteiger partial charge >= 0.3 is 0 Å². The number of nitrogens with zero attached hydrogens (tertiary/aromatic N) is 6. The van der Waals surface area contributed by atoms with Gasteiger partial charge in [-0.15, -0.1) is 10.2 Å². The molecule has 0 saturated heterocycles. The summed E-state index contributed by atoms with van der Waals surface area (Å²) >= 11 is 0. The van der Waals surface area contributed by atoms with Gasteiger partial charge in [0.1, 0.15) is 23.9 Å². The minimum absolute atomic E-state index is 0.0274. The fourth-order valence-electron chi connectivity index (χ4n) is 3.78. The summed E-state index contributed by atoms with van der Waals surface area (Å²) in [5, 5.41) is 12.6. The van der Waals surface area contributed by atoms with Gasteiger partial charge in [-0.25, -0.2) is 9.37 Å². The van der Waals surface area contributed by atoms with Crippen molar-refractivity contribution in [2.45, 2.75) is 33.5 Å². The van der Waals surface area contributed by atoms with E-state index in [1.165, 1.54) is 12.1 Å². The van der Waals surface area contributed by atoms with Gasteiger partial charge in [0, 0.05) is 43.4 Å². The number of aryl methyl sites for hydroxylation is 1. The Hall–Kier alpha value is -4.08. The minimum Gasteiger partial charge on any atom is -0.473 e. The Kier molecular flexibility index (Phi) is 5.33. The van der Waals surface area contributed by atoms with E-state index in [4.69, 9.17) is 9.26 Å². The number of aromatic nitrogens is 5. The Balaban J connectivity index is 1.30. The number of benzene rings is 1. The zero-order valence-electron chi connectivity index (χ0n) is 18.2. The van der Waals surface area contributed by atoms with Gasteiger partial charge in [0.25, 0.3) is 0 Å². The van der Waals surface area contributed by atoms with E-state index < -0.39 is 0 Å². The first-order valence-corrected chi connectivity index (χ1v) is 10.5. The average molecular weight is 448 g/mol. The Morgan fingerprint density at radius 1 is 1.12 bits per heavy atom. The lowest BCUT2D eigenvalue weighted by atomic mass is 10.1. The third kappa shape index (κ3) is 4.07. The lowest BCUT2D eigenvalue weighted by Gasteiger charge is -2.26. The summed E-state index contributed by atoms with van der Waals surface area (Å²) in [4.78, 5) is 17.8. The molecular formula is C23H21FN6O3. The van der Waals surface area contributed by atoms with Crippen molar-refractivity contribution in [3.63, 3.8) is 0 Å². The van der Waals surface area contributed by atoms with Crippen molar-refractivity contribution in [1.82, 2.24) is 29.8 Å². The SMILES string of the molecule is CC(=O)N1CCn2c(nnc2-c2ccc(OCc3c(-c4ccc(F)cc4)noc3C)nc2)C1. The lowest BCUT2D eigenvalue weighted by Crippen LogP contribution is -2.37. The van der Waals surface area contributed by atoms with E-state index in [2.05, 4.69) is 20.3 Å². The quantitative estimate of drug-likeness (QED) is 0.461. The third-order valence-corrected chi connectivity index (χ3v) is 5.66. The van der Waals surface area contributed by atoms with Gasteiger partial charge in [-0.3, -0.25) is 4.79 Å². The topological polar surface area (TPSA) is 99.2 Å². The van der Waals surface area contributed by atoms with Crippen LogP contribution < -0.4 is 4.74 Å². The molecule has 1 amide bonds. The summed E-state index contributed by atoms with van der Waals surface area (Å²) < 4.78 is 26.5. The number of ether oxygens (including phenoxy) is 1. The van der Waals surface area contributed by atoms with E-state index in [-0.39, 0.29) is 18.3 Å². The second-order valence-electron chi connectivity index (χ2n) is 7.78. The second-order valence-corrected chi connectivity index (χ2v) is 7.78. The zero-order valence-corrected chi connectivity index (χ0v) is 18.2. The fraction of sp³-hybridized carbons (Fsp3) is 0.261. The van der Waals surface area contributed by atoms with Crippen LogP contribution in [0.1, 0.15) is 24.1 Å². The van der Waals surface area contributed by atoms with Crippen LogP contribution in [0.3, 0.4) is 0 Å². The first-order chi connectivity index (χ1) is 16.0. The number of hydrogen-bond acceptors (Lipinski definition) is 7. The molecule has 5 rings (SSSR count). The summed E-state index contributed by atoms with van der Waals surface area (Å²) in [5.41, 5.74) is 2.94. The molecule has 0 N–H and O–H groups in total. The molecule has 0 fully saturated rings. The Morgan fingerprint density at radius 2 is 1.91 bits per heavy atom. The molecule has 0 radical (unpaired) electrons. The first-order valence-electron chi connectivity index (χ1n) is 10.5. The van der Waals surface area contributed by atoms with Crippen molar-refractivity contribution in [2.24, 2.45) is 0 Å². The predicted molar refractivity (Wildman–Crippen MR) is 115 cm³/mol. The highest BCUT2D eigenvalue weighted by atomic mass is 19.1. The number of carbonyl (C=O) groups excluding carboxylic acids is 1. The van der Waals surface area contributed by atoms with Gasteiger partial charge in [-0.2, -0.15) is 0 Å². The molecule has 1 aliphatic rings. The van der Waals surface area contributed by atoms with Crippen molar-refractivity contribution in [3.05, 3.63) is 65.6 Å². The maximum absolute atomic E-state index is 13.3. The molecule has 0 spiro atoms. The summed E-state index contributed by atoms with van der Waals surface area (Å²) in [7, 11) is 0. The van der Waals surface area contributed by atoms with Crippen LogP contribution in [0.5, 0.6) is 5.88 Å². The third-order valence-electron chi connectivity index (χ3n) is 5.66. The maximum Gasteiger partial charge on any atom is 0.219 e. The molecule has 0 saturated carbocycles. The molecule has 0 aliphatic carbocycles. The lowest BCUT2D eigenvalue weighted by molar-refractivity contribution is -0.130. The standard InChI is InChI=1S/C23H21FN6O3/c1-14-19(22(28-33-14)16-3-6-18(24)7-4-16)13-32-21-8-5-17(11-25-21)23-27-26-20-12-29(15(2)31)9-10-30(20)23/h3-8,11H,9-10,12-13H2,1-2H3. The zero-order chi connectivity index (χ0) is 22.9. The van der Waals surface area contributed by atoms with Gasteiger partial charge in [-0.1, -0.05) is 5.16 Å². The largest absolute Gasteiger partial charge is 0.473 e. The number of carbonyl (C=O) groups is 1. The molecular weight excluding hydrogens is 427 g/mol. The molecule has 4 aromatic rings. The predicted octanol–water partition coefficient (Wildman–Crippen LogP) is 3.38. The number of fused-ring (bicyclic) bond motifs is 1. The molecule has 0 atom stereocenters. The van der Waals surface area contributed by atoms with Crippen LogP contribution in [-0.2, 0) is 24.5 Å². The van der Waals surface area contributed by atoms with Crippen LogP contribution in [-0.4, -0.2) is 42.3 Å². The van der Waals surface area contributed by atoms with Crippen molar-refractivity contribution < 1.29 is 18.4 Å². The highest BCUT2D eigenvalue weighted by Crippen LogP contribution is 2.27. The van der Waals surface area contributed by atoms with Crippen LogP contribution in [0.4, 0.5) is 4.39 Å². The normalized spacial score (nSPS) is 13.1. The highest BCUT2D eigenvalue weighted by Gasteiger charge is 2.23. The Morgan fingerprint density at radius 3 is 2.64 bits per heavy atom. The average Bonchev–Trinajstić information content (AvgIpc) is 3.41. The second kappa shape index (κ2) is 8.45. The summed E-state index contributed by atoms with van der Waals surface area (Å²) in [5.74, 6) is 2.24. The van der Waals surface area contributed by atoms with Gasteiger partial charge in [0.15, 0.2) is 11.6 Å². The summed E-state index contributed by atoms with van der Waals surface area (Å²) in [6.07, 6.45) is 1.69. The van der Waals surface area contributed by atoms with E-state index in [1.54, 1.807) is 43.1 Å². The molecule has 1 aromatic carbocycles. The van der Waals surface area contributed by atoms with Gasteiger partial charge < -0.3 is 18.7 Å². The van der Waals surface area contributed by atoms with Crippen LogP contribution in [0, 0.1) is 12.7 Å². The molecule has 9 nitrogen and oxygen atoms in total. The monoisotopic (exact) mass is 448 g/mol. The molecule has 3 aromatic heterocycles. The smallest absolute Gasteiger partial charge is 0.219 e. The van der Waals surface area contributed by atoms with Crippen LogP contribution in [0.25, 0.3) is 22.6 Å². The van der Waals surface area contributed by atoms with E-state index in [0.717, 1.165) is 22.5 Å². The van der Waals surface area contributed by atoms with Crippen LogP contribution in [0.15, 0.2) is 47.1 Å². The van der Waals surface area contributed by atoms with Crippen molar-refractivity contribution in [1.29, 1.82) is 0 Å². The molecule has 10 heteroatoms. The fourth-order valence-corrected chi connectivity index (χ4v) is 3.78. The number of amides is 1. The van der Waals surface area contributed by atoms with Crippen molar-refractivity contribution in [2.75, 3.05) is 6.54 Å². The molecule has 0 bridgehead atoms. The van der Waals surface area contributed by atoms with Crippen molar-refractivity contribution in [3.8, 4) is 28.5 Å². The van der Waals surface area contributed by atoms with Gasteiger partial charge in [-0.05, 0) is 37.3 Å². The summed E-state index contributed by atoms with van der Waals surface area (Å²) in [6.45, 7) is 5.27. The molecule has 33 heavy (non-hydrogen) atoms. The van der Waals surface area contributed by atoms with E-state index in [0.29, 0.717) is 42.8 Å². The first kappa shape index (κ1) is 20.8. The minimum atomic E-state index is -0.314. The highest BCUT2D eigenvalue weighted by molar-refractivity contribution is 5.73. The van der Waals surface area contributed by atoms with Crippen LogP contribution >= 0.6 is 0 Å². The summed E-state index contributed by atoms with van der Waals surface area (Å²) in [6, 6.07) is 9.70. The number of hydrogen-bond donors (Lipinski definition) is 0.